The van der Waals surface area contributed by atoms with Crippen molar-refractivity contribution >= 4 is 23.2 Å². The van der Waals surface area contributed by atoms with E-state index in [1.54, 1.807) is 23.8 Å². The van der Waals surface area contributed by atoms with Crippen LogP contribution in [-0.4, -0.2) is 21.8 Å². The molecule has 2 N–H and O–H groups in total. The number of benzene rings is 1. The second-order valence-corrected chi connectivity index (χ2v) is 5.90. The predicted octanol–water partition coefficient (Wildman–Crippen LogP) is 2.35. The molecule has 3 rings (SSSR count). The average Bonchev–Trinajstić information content (AvgIpc) is 3.09. The number of carbonyl (C=O) groups excluding carboxylic acids is 2. The minimum Gasteiger partial charge on any atom is -0.273 e. The zero-order valence-electron chi connectivity index (χ0n) is 12.9. The first-order valence-electron chi connectivity index (χ1n) is 7.32. The number of aromatic nitrogens is 2. The molecule has 0 bridgehead atoms. The van der Waals surface area contributed by atoms with Gasteiger partial charge in [-0.2, -0.15) is 0 Å². The van der Waals surface area contributed by atoms with Gasteiger partial charge in [0.25, 0.3) is 5.91 Å². The summed E-state index contributed by atoms with van der Waals surface area (Å²) in [4.78, 5) is 32.1. The maximum Gasteiger partial charge on any atom is 0.272 e. The molecular weight excluding hydrogens is 343 g/mol. The van der Waals surface area contributed by atoms with E-state index < -0.39 is 17.6 Å². The first-order valence-corrected chi connectivity index (χ1v) is 8.20. The van der Waals surface area contributed by atoms with Crippen LogP contribution in [0.3, 0.4) is 0 Å². The van der Waals surface area contributed by atoms with Crippen molar-refractivity contribution in [3.8, 4) is 10.6 Å². The van der Waals surface area contributed by atoms with Gasteiger partial charge in [-0.25, -0.2) is 9.37 Å². The van der Waals surface area contributed by atoms with E-state index in [0.29, 0.717) is 5.69 Å². The van der Waals surface area contributed by atoms with Crippen LogP contribution in [0.15, 0.2) is 54.2 Å². The van der Waals surface area contributed by atoms with Gasteiger partial charge in [0.15, 0.2) is 0 Å². The smallest absolute Gasteiger partial charge is 0.272 e. The molecule has 0 aliphatic rings. The Morgan fingerprint density at radius 2 is 1.96 bits per heavy atom. The fourth-order valence-corrected chi connectivity index (χ4v) is 2.87. The van der Waals surface area contributed by atoms with Gasteiger partial charge in [0.05, 0.1) is 17.7 Å². The van der Waals surface area contributed by atoms with Crippen LogP contribution in [0, 0.1) is 5.82 Å². The number of hydrazine groups is 1. The lowest BCUT2D eigenvalue weighted by molar-refractivity contribution is -0.121. The van der Waals surface area contributed by atoms with Gasteiger partial charge >= 0.3 is 0 Å². The molecule has 3 aromatic rings. The molecule has 0 aliphatic carbocycles. The lowest BCUT2D eigenvalue weighted by Crippen LogP contribution is -2.42. The third kappa shape index (κ3) is 4.24. The number of amides is 2. The van der Waals surface area contributed by atoms with Crippen LogP contribution < -0.4 is 10.9 Å². The zero-order valence-corrected chi connectivity index (χ0v) is 13.7. The van der Waals surface area contributed by atoms with Crippen molar-refractivity contribution in [2.75, 3.05) is 0 Å². The molecule has 25 heavy (non-hydrogen) atoms. The highest BCUT2D eigenvalue weighted by Gasteiger charge is 2.13. The summed E-state index contributed by atoms with van der Waals surface area (Å²) >= 11 is 1.40. The van der Waals surface area contributed by atoms with Crippen molar-refractivity contribution in [2.45, 2.75) is 6.42 Å². The summed E-state index contributed by atoms with van der Waals surface area (Å²) in [5, 5.41) is 2.52. The van der Waals surface area contributed by atoms with Crippen LogP contribution in [0.5, 0.6) is 0 Å². The van der Waals surface area contributed by atoms with Crippen molar-refractivity contribution in [1.82, 2.24) is 20.8 Å². The van der Waals surface area contributed by atoms with Gasteiger partial charge in [0.1, 0.15) is 10.8 Å². The summed E-state index contributed by atoms with van der Waals surface area (Å²) in [6.45, 7) is 0. The van der Waals surface area contributed by atoms with Crippen molar-refractivity contribution in [3.05, 3.63) is 71.2 Å². The van der Waals surface area contributed by atoms with E-state index in [1.807, 2.05) is 6.07 Å². The van der Waals surface area contributed by atoms with Crippen molar-refractivity contribution in [1.29, 1.82) is 0 Å². The normalized spacial score (nSPS) is 10.3. The number of thiazole rings is 1. The maximum absolute atomic E-state index is 13.5. The van der Waals surface area contributed by atoms with Crippen LogP contribution in [-0.2, 0) is 11.2 Å². The predicted molar refractivity (Wildman–Crippen MR) is 91.1 cm³/mol. The zero-order chi connectivity index (χ0) is 17.6. The van der Waals surface area contributed by atoms with Crippen molar-refractivity contribution < 1.29 is 14.0 Å². The molecule has 8 heteroatoms. The Hall–Kier alpha value is -3.13. The first-order chi connectivity index (χ1) is 12.1. The Morgan fingerprint density at radius 3 is 2.72 bits per heavy atom. The number of pyridine rings is 1. The number of nitrogens with one attached hydrogen (secondary N) is 2. The lowest BCUT2D eigenvalue weighted by Gasteiger charge is -2.07. The Morgan fingerprint density at radius 1 is 1.12 bits per heavy atom. The van der Waals surface area contributed by atoms with Crippen molar-refractivity contribution in [2.24, 2.45) is 0 Å². The third-order valence-corrected chi connectivity index (χ3v) is 4.18. The molecule has 0 saturated carbocycles. The molecule has 0 saturated heterocycles. The minimum atomic E-state index is -0.722. The first kappa shape index (κ1) is 16.7. The molecule has 0 radical (unpaired) electrons. The molecule has 0 aliphatic heterocycles. The lowest BCUT2D eigenvalue weighted by atomic mass is 10.2. The molecule has 0 spiro atoms. The quantitative estimate of drug-likeness (QED) is 0.703. The molecule has 2 aromatic heterocycles. The van der Waals surface area contributed by atoms with Crippen LogP contribution in [0.2, 0.25) is 0 Å². The second kappa shape index (κ2) is 7.63. The average molecular weight is 356 g/mol. The van der Waals surface area contributed by atoms with E-state index in [-0.39, 0.29) is 12.0 Å². The van der Waals surface area contributed by atoms with Gasteiger partial charge < -0.3 is 0 Å². The summed E-state index contributed by atoms with van der Waals surface area (Å²) in [7, 11) is 0. The summed E-state index contributed by atoms with van der Waals surface area (Å²) in [5.74, 6) is -1.83. The van der Waals surface area contributed by atoms with Gasteiger partial charge in [0, 0.05) is 23.3 Å². The number of hydrogen-bond donors (Lipinski definition) is 2. The van der Waals surface area contributed by atoms with E-state index in [2.05, 4.69) is 20.8 Å². The number of nitrogens with zero attached hydrogens (tertiary/aromatic N) is 2. The molecular formula is C17H13FN4O2S. The number of hydrogen-bond acceptors (Lipinski definition) is 5. The molecule has 0 unspecified atom stereocenters. The van der Waals surface area contributed by atoms with E-state index in [1.165, 1.54) is 35.6 Å². The summed E-state index contributed by atoms with van der Waals surface area (Å²) in [5.41, 5.74) is 5.73. The van der Waals surface area contributed by atoms with Crippen LogP contribution in [0.4, 0.5) is 4.39 Å². The largest absolute Gasteiger partial charge is 0.273 e. The molecule has 2 amide bonds. The van der Waals surface area contributed by atoms with E-state index >= 15 is 0 Å². The molecule has 1 aromatic carbocycles. The Balaban J connectivity index is 1.56. The Bertz CT molecular complexity index is 898. The molecule has 6 nitrogen and oxygen atoms in total. The summed E-state index contributed by atoms with van der Waals surface area (Å²) < 4.78 is 13.5. The summed E-state index contributed by atoms with van der Waals surface area (Å²) in [6.07, 6.45) is 3.36. The summed E-state index contributed by atoms with van der Waals surface area (Å²) in [6, 6.07) is 9.21. The molecule has 126 valence electrons. The topological polar surface area (TPSA) is 84.0 Å². The van der Waals surface area contributed by atoms with E-state index in [9.17, 15) is 14.0 Å². The maximum atomic E-state index is 13.5. The molecule has 2 heterocycles. The number of carbonyl (C=O) groups is 2. The fraction of sp³-hybridized carbons (Fsp3) is 0.0588. The number of rotatable bonds is 4. The van der Waals surface area contributed by atoms with E-state index in [4.69, 9.17) is 0 Å². The number of halogens is 1. The van der Waals surface area contributed by atoms with Gasteiger partial charge in [-0.15, -0.1) is 11.3 Å². The third-order valence-electron chi connectivity index (χ3n) is 3.24. The van der Waals surface area contributed by atoms with Crippen LogP contribution in [0.1, 0.15) is 16.1 Å². The standard InChI is InChI=1S/C17H13FN4O2S/c18-14-6-2-1-5-13(14)16(24)22-21-15(23)8-12-10-25-17(20-12)11-4-3-7-19-9-11/h1-7,9-10H,8H2,(H,21,23)(H,22,24). The molecule has 0 atom stereocenters. The monoisotopic (exact) mass is 356 g/mol. The SMILES string of the molecule is O=C(Cc1csc(-c2cccnc2)n1)NNC(=O)c1ccccc1F. The fourth-order valence-electron chi connectivity index (χ4n) is 2.06. The van der Waals surface area contributed by atoms with Gasteiger partial charge in [-0.05, 0) is 24.3 Å². The van der Waals surface area contributed by atoms with Crippen molar-refractivity contribution in [3.63, 3.8) is 0 Å². The Labute approximate surface area is 146 Å². The van der Waals surface area contributed by atoms with E-state index in [0.717, 1.165) is 10.6 Å². The molecule has 0 fully saturated rings. The highest BCUT2D eigenvalue weighted by molar-refractivity contribution is 7.13. The van der Waals surface area contributed by atoms with Gasteiger partial charge in [-0.3, -0.25) is 25.4 Å². The highest BCUT2D eigenvalue weighted by Crippen LogP contribution is 2.22. The van der Waals surface area contributed by atoms with Crippen LogP contribution >= 0.6 is 11.3 Å². The minimum absolute atomic E-state index is 0.00564. The van der Waals surface area contributed by atoms with Gasteiger partial charge in [-0.1, -0.05) is 12.1 Å². The van der Waals surface area contributed by atoms with Gasteiger partial charge in [0.2, 0.25) is 5.91 Å². The highest BCUT2D eigenvalue weighted by atomic mass is 32.1. The Kier molecular flexibility index (Phi) is 5.10. The van der Waals surface area contributed by atoms with Crippen LogP contribution in [0.25, 0.3) is 10.6 Å². The second-order valence-electron chi connectivity index (χ2n) is 5.04.